The highest BCUT2D eigenvalue weighted by Gasteiger charge is 2.37. The Labute approximate surface area is 90.8 Å². The first-order chi connectivity index (χ1) is 6.33. The number of nitrogens with two attached hydrogens (primary N) is 1. The monoisotopic (exact) mass is 217 g/mol. The normalized spacial score (nSPS) is 24.6. The molecule has 0 aliphatic heterocycles. The second-order valence-corrected chi connectivity index (χ2v) is 7.73. The van der Waals surface area contributed by atoms with Crippen molar-refractivity contribution in [3.63, 3.8) is 0 Å². The van der Waals surface area contributed by atoms with Crippen molar-refractivity contribution < 1.29 is 4.55 Å². The van der Waals surface area contributed by atoms with E-state index in [0.29, 0.717) is 5.75 Å². The van der Waals surface area contributed by atoms with Gasteiger partial charge in [-0.1, -0.05) is 19.3 Å². The summed E-state index contributed by atoms with van der Waals surface area (Å²) >= 11 is -0.799. The van der Waals surface area contributed by atoms with E-state index >= 15 is 0 Å². The van der Waals surface area contributed by atoms with Crippen LogP contribution in [0, 0.1) is 0 Å². The second-order valence-electron chi connectivity index (χ2n) is 5.53. The van der Waals surface area contributed by atoms with E-state index in [1.54, 1.807) is 0 Å². The second kappa shape index (κ2) is 4.42. The minimum atomic E-state index is -0.799. The van der Waals surface area contributed by atoms with Crippen molar-refractivity contribution in [2.75, 3.05) is 5.75 Å². The molecule has 1 unspecified atom stereocenters. The molecule has 0 radical (unpaired) electrons. The third kappa shape index (κ3) is 3.44. The maximum atomic E-state index is 12.0. The summed E-state index contributed by atoms with van der Waals surface area (Å²) in [6.45, 7) is 6.07. The summed E-state index contributed by atoms with van der Waals surface area (Å²) in [5, 5.41) is 0. The van der Waals surface area contributed by atoms with Crippen molar-refractivity contribution in [1.82, 2.24) is 0 Å². The van der Waals surface area contributed by atoms with Crippen molar-refractivity contribution >= 4 is 11.2 Å². The molecule has 0 bridgehead atoms. The summed E-state index contributed by atoms with van der Waals surface area (Å²) in [6, 6.07) is 0. The third-order valence-corrected chi connectivity index (χ3v) is 5.15. The van der Waals surface area contributed by atoms with Crippen LogP contribution in [0.2, 0.25) is 0 Å². The smallest absolute Gasteiger partial charge is 0.123 e. The van der Waals surface area contributed by atoms with Crippen LogP contribution in [-0.2, 0) is 11.2 Å². The molecule has 2 nitrogen and oxygen atoms in total. The predicted molar refractivity (Wildman–Crippen MR) is 62.8 cm³/mol. The summed E-state index contributed by atoms with van der Waals surface area (Å²) in [5.74, 6) is 0.677. The average molecular weight is 217 g/mol. The van der Waals surface area contributed by atoms with E-state index in [0.717, 1.165) is 12.8 Å². The van der Waals surface area contributed by atoms with Gasteiger partial charge in [-0.15, -0.1) is 0 Å². The zero-order valence-electron chi connectivity index (χ0n) is 9.64. The first-order valence-electron chi connectivity index (χ1n) is 5.51. The van der Waals surface area contributed by atoms with Crippen molar-refractivity contribution in [3.05, 3.63) is 0 Å². The maximum Gasteiger partial charge on any atom is 0.123 e. The van der Waals surface area contributed by atoms with E-state index in [1.165, 1.54) is 19.3 Å². The Morgan fingerprint density at radius 2 is 1.71 bits per heavy atom. The molecule has 84 valence electrons. The quantitative estimate of drug-likeness (QED) is 0.721. The topological polar surface area (TPSA) is 49.1 Å². The van der Waals surface area contributed by atoms with Gasteiger partial charge in [0.05, 0.1) is 5.54 Å². The Bertz CT molecular complexity index is 182. The van der Waals surface area contributed by atoms with Gasteiger partial charge in [0.2, 0.25) is 0 Å². The fraction of sp³-hybridized carbons (Fsp3) is 1.00. The molecule has 3 heteroatoms. The summed E-state index contributed by atoms with van der Waals surface area (Å²) in [6.07, 6.45) is 5.81. The Morgan fingerprint density at radius 1 is 1.21 bits per heavy atom. The molecule has 1 saturated carbocycles. The third-order valence-electron chi connectivity index (χ3n) is 2.95. The van der Waals surface area contributed by atoms with Gasteiger partial charge in [0.1, 0.15) is 10.5 Å². The zero-order chi connectivity index (χ0) is 10.8. The van der Waals surface area contributed by atoms with E-state index in [-0.39, 0.29) is 10.3 Å². The molecule has 1 fully saturated rings. The van der Waals surface area contributed by atoms with Gasteiger partial charge in [0.25, 0.3) is 0 Å². The summed E-state index contributed by atoms with van der Waals surface area (Å²) in [4.78, 5) is 0. The predicted octanol–water partition coefficient (Wildman–Crippen LogP) is 2.20. The van der Waals surface area contributed by atoms with Crippen molar-refractivity contribution in [1.29, 1.82) is 0 Å². The van der Waals surface area contributed by atoms with Crippen molar-refractivity contribution in [2.24, 2.45) is 5.73 Å². The fourth-order valence-corrected chi connectivity index (χ4v) is 3.12. The van der Waals surface area contributed by atoms with Gasteiger partial charge in [-0.2, -0.15) is 0 Å². The van der Waals surface area contributed by atoms with Crippen LogP contribution in [-0.4, -0.2) is 20.6 Å². The molecule has 14 heavy (non-hydrogen) atoms. The van der Waals surface area contributed by atoms with E-state index < -0.39 is 11.2 Å². The van der Waals surface area contributed by atoms with Crippen LogP contribution in [0.3, 0.4) is 0 Å². The summed E-state index contributed by atoms with van der Waals surface area (Å²) in [5.41, 5.74) is 6.12. The lowest BCUT2D eigenvalue weighted by molar-refractivity contribution is 0.322. The summed E-state index contributed by atoms with van der Waals surface area (Å²) < 4.78 is 11.8. The van der Waals surface area contributed by atoms with E-state index in [2.05, 4.69) is 0 Å². The molecule has 1 rings (SSSR count). The lowest BCUT2D eigenvalue weighted by atomic mass is 9.84. The van der Waals surface area contributed by atoms with Gasteiger partial charge < -0.3 is 10.3 Å². The molecule has 1 aliphatic rings. The van der Waals surface area contributed by atoms with E-state index in [4.69, 9.17) is 5.73 Å². The maximum absolute atomic E-state index is 12.0. The van der Waals surface area contributed by atoms with Gasteiger partial charge in [-0.3, -0.25) is 0 Å². The van der Waals surface area contributed by atoms with Gasteiger partial charge in [-0.05, 0) is 44.8 Å². The van der Waals surface area contributed by atoms with Gasteiger partial charge in [0.15, 0.2) is 0 Å². The molecule has 1 atom stereocenters. The Kier molecular flexibility index (Phi) is 3.89. The molecule has 0 aromatic carbocycles. The molecule has 2 N–H and O–H groups in total. The van der Waals surface area contributed by atoms with Crippen LogP contribution >= 0.6 is 0 Å². The fourth-order valence-electron chi connectivity index (χ4n) is 1.88. The first-order valence-corrected chi connectivity index (χ1v) is 6.83. The largest absolute Gasteiger partial charge is 0.616 e. The lowest BCUT2D eigenvalue weighted by Gasteiger charge is -2.36. The number of hydrogen-bond donors (Lipinski definition) is 1. The molecule has 0 aromatic rings. The molecule has 0 heterocycles. The van der Waals surface area contributed by atoms with Gasteiger partial charge >= 0.3 is 0 Å². The van der Waals surface area contributed by atoms with E-state index in [9.17, 15) is 4.55 Å². The van der Waals surface area contributed by atoms with Crippen molar-refractivity contribution in [2.45, 2.75) is 63.2 Å². The first kappa shape index (κ1) is 12.3. The average Bonchev–Trinajstić information content (AvgIpc) is 2.02. The Hall–Kier alpha value is 0.270. The number of hydrogen-bond acceptors (Lipinski definition) is 2. The molecular weight excluding hydrogens is 194 g/mol. The highest BCUT2D eigenvalue weighted by molar-refractivity contribution is 7.92. The van der Waals surface area contributed by atoms with Crippen LogP contribution < -0.4 is 5.73 Å². The standard InChI is InChI=1S/C11H23NOS/c1-10(2,3)14(13)9-11(12)7-5-4-6-8-11/h4-9,12H2,1-3H3. The van der Waals surface area contributed by atoms with Gasteiger partial charge in [-0.25, -0.2) is 0 Å². The molecule has 1 aliphatic carbocycles. The van der Waals surface area contributed by atoms with Crippen LogP contribution in [0.15, 0.2) is 0 Å². The molecule has 0 spiro atoms. The van der Waals surface area contributed by atoms with Crippen LogP contribution in [0.25, 0.3) is 0 Å². The Balaban J connectivity index is 2.49. The van der Waals surface area contributed by atoms with Crippen molar-refractivity contribution in [3.8, 4) is 0 Å². The SMILES string of the molecule is CC(C)(C)[S+]([O-])CC1(N)CCCCC1. The molecule has 0 saturated heterocycles. The zero-order valence-corrected chi connectivity index (χ0v) is 10.5. The summed E-state index contributed by atoms with van der Waals surface area (Å²) in [7, 11) is 0. The van der Waals surface area contributed by atoms with Crippen LogP contribution in [0.4, 0.5) is 0 Å². The van der Waals surface area contributed by atoms with E-state index in [1.807, 2.05) is 20.8 Å². The highest BCUT2D eigenvalue weighted by atomic mass is 32.2. The lowest BCUT2D eigenvalue weighted by Crippen LogP contribution is -2.50. The molecule has 0 aromatic heterocycles. The van der Waals surface area contributed by atoms with Crippen LogP contribution in [0.5, 0.6) is 0 Å². The van der Waals surface area contributed by atoms with Crippen LogP contribution in [0.1, 0.15) is 52.9 Å². The highest BCUT2D eigenvalue weighted by Crippen LogP contribution is 2.30. The Morgan fingerprint density at radius 3 is 2.14 bits per heavy atom. The number of rotatable bonds is 2. The minimum Gasteiger partial charge on any atom is -0.616 e. The molecular formula is C11H23NOS. The minimum absolute atomic E-state index is 0.121. The van der Waals surface area contributed by atoms with Gasteiger partial charge in [0, 0.05) is 0 Å². The molecule has 0 amide bonds.